The molecule has 1 aromatic rings. The van der Waals surface area contributed by atoms with Gasteiger partial charge in [-0.15, -0.1) is 0 Å². The lowest BCUT2D eigenvalue weighted by Gasteiger charge is -2.40. The zero-order valence-electron chi connectivity index (χ0n) is 14.3. The average Bonchev–Trinajstić information content (AvgIpc) is 2.46. The van der Waals surface area contributed by atoms with Crippen molar-refractivity contribution in [2.45, 2.75) is 6.92 Å². The number of nitrogens with one attached hydrogen (secondary N) is 2. The smallest absolute Gasteiger partial charge is 0.279 e. The van der Waals surface area contributed by atoms with Crippen LogP contribution in [0.15, 0.2) is 18.2 Å². The Morgan fingerprint density at radius 1 is 1.21 bits per heavy atom. The molecule has 0 aromatic heterocycles. The fourth-order valence-corrected chi connectivity index (χ4v) is 2.68. The molecule has 3 N–H and O–H groups in total. The number of rotatable bonds is 4. The van der Waals surface area contributed by atoms with Crippen LogP contribution in [0.1, 0.15) is 6.92 Å². The number of hydrogen-bond donors (Lipinski definition) is 3. The number of aromatic hydroxyl groups is 1. The Balaban J connectivity index is 0.00000288. The van der Waals surface area contributed by atoms with Crippen LogP contribution in [0.3, 0.4) is 0 Å². The lowest BCUT2D eigenvalue weighted by atomic mass is 10.2. The number of carbonyl (C=O) groups is 2. The molecule has 1 saturated heterocycles. The van der Waals surface area contributed by atoms with Crippen LogP contribution >= 0.6 is 0 Å². The Kier molecular flexibility index (Phi) is 7.01. The first kappa shape index (κ1) is 20.2. The van der Waals surface area contributed by atoms with Gasteiger partial charge in [-0.3, -0.25) is 14.5 Å². The number of nitrogens with zero attached hydrogens (tertiary/aromatic N) is 2. The normalized spacial score (nSPS) is 16.8. The number of anilines is 2. The van der Waals surface area contributed by atoms with Crippen molar-refractivity contribution in [1.82, 2.24) is 4.90 Å². The van der Waals surface area contributed by atoms with E-state index in [-0.39, 0.29) is 35.7 Å². The van der Waals surface area contributed by atoms with Crippen LogP contribution in [-0.2, 0) is 9.59 Å². The molecule has 0 radical (unpaired) electrons. The van der Waals surface area contributed by atoms with E-state index in [1.165, 1.54) is 6.92 Å². The summed E-state index contributed by atoms with van der Waals surface area (Å²) >= 11 is 0. The fraction of sp³-hybridized carbons (Fsp3) is 0.500. The number of halogens is 1. The Labute approximate surface area is 148 Å². The third kappa shape index (κ3) is 5.36. The maximum atomic E-state index is 12.3. The average molecular weight is 357 g/mol. The number of quaternary nitrogens is 1. The molecule has 0 spiro atoms. The second kappa shape index (κ2) is 8.32. The minimum Gasteiger partial charge on any atom is -1.00 e. The van der Waals surface area contributed by atoms with E-state index in [9.17, 15) is 14.7 Å². The molecule has 8 heteroatoms. The zero-order chi connectivity index (χ0) is 17.0. The summed E-state index contributed by atoms with van der Waals surface area (Å²) in [5, 5.41) is 15.4. The molecule has 0 unspecified atom stereocenters. The highest BCUT2D eigenvalue weighted by molar-refractivity contribution is 5.97. The van der Waals surface area contributed by atoms with E-state index in [0.717, 1.165) is 26.2 Å². The number of hydrogen-bond acceptors (Lipinski definition) is 4. The van der Waals surface area contributed by atoms with Crippen LogP contribution in [0.25, 0.3) is 0 Å². The zero-order valence-corrected chi connectivity index (χ0v) is 15.1. The van der Waals surface area contributed by atoms with Gasteiger partial charge in [0.15, 0.2) is 12.3 Å². The van der Waals surface area contributed by atoms with E-state index in [1.807, 2.05) is 0 Å². The number of benzene rings is 1. The Hall–Kier alpha value is -1.83. The number of phenols is 1. The number of amides is 2. The van der Waals surface area contributed by atoms with E-state index >= 15 is 0 Å². The molecule has 7 nitrogen and oxygen atoms in total. The molecule has 2 rings (SSSR count). The van der Waals surface area contributed by atoms with Gasteiger partial charge in [0.05, 0.1) is 31.5 Å². The summed E-state index contributed by atoms with van der Waals surface area (Å²) in [6.07, 6.45) is 0. The Morgan fingerprint density at radius 2 is 1.75 bits per heavy atom. The number of likely N-dealkylation sites (N-methyl/N-ethyl adjacent to an activating group) is 2. The highest BCUT2D eigenvalue weighted by atomic mass is 35.5. The van der Waals surface area contributed by atoms with E-state index < -0.39 is 0 Å². The van der Waals surface area contributed by atoms with Crippen LogP contribution in [0.5, 0.6) is 5.75 Å². The lowest BCUT2D eigenvalue weighted by Crippen LogP contribution is -3.00. The van der Waals surface area contributed by atoms with Gasteiger partial charge in [-0.05, 0) is 19.2 Å². The first-order valence-corrected chi connectivity index (χ1v) is 7.70. The summed E-state index contributed by atoms with van der Waals surface area (Å²) in [7, 11) is 4.15. The molecule has 0 atom stereocenters. The minimum absolute atomic E-state index is 0. The van der Waals surface area contributed by atoms with Gasteiger partial charge in [0.25, 0.3) is 5.91 Å². The number of piperazine rings is 1. The van der Waals surface area contributed by atoms with Gasteiger partial charge in [0, 0.05) is 20.0 Å². The highest BCUT2D eigenvalue weighted by Crippen LogP contribution is 2.31. The molecule has 1 aromatic carbocycles. The van der Waals surface area contributed by atoms with Crippen LogP contribution in [0.4, 0.5) is 11.4 Å². The van der Waals surface area contributed by atoms with Crippen molar-refractivity contribution in [2.75, 3.05) is 57.5 Å². The van der Waals surface area contributed by atoms with Gasteiger partial charge in [0.2, 0.25) is 5.91 Å². The molecule has 0 aliphatic carbocycles. The first-order chi connectivity index (χ1) is 10.8. The summed E-state index contributed by atoms with van der Waals surface area (Å²) in [6.45, 7) is 5.49. The number of carbonyl (C=O) groups excluding carboxylic acids is 2. The summed E-state index contributed by atoms with van der Waals surface area (Å²) in [4.78, 5) is 25.7. The molecule has 0 bridgehead atoms. The van der Waals surface area contributed by atoms with Crippen molar-refractivity contribution in [3.63, 3.8) is 0 Å². The SMILES string of the molecule is CC(=O)Nc1cccc(NC(=O)C[N+]2(C)CCN(C)CC2)c1O.[Cl-]. The monoisotopic (exact) mass is 356 g/mol. The van der Waals surface area contributed by atoms with Gasteiger partial charge in [-0.1, -0.05) is 6.07 Å². The summed E-state index contributed by atoms with van der Waals surface area (Å²) in [5.41, 5.74) is 0.595. The van der Waals surface area contributed by atoms with E-state index in [4.69, 9.17) is 0 Å². The van der Waals surface area contributed by atoms with Gasteiger partial charge < -0.3 is 32.6 Å². The Bertz CT molecular complexity index is 601. The second-order valence-electron chi connectivity index (χ2n) is 6.46. The molecule has 0 saturated carbocycles. The van der Waals surface area contributed by atoms with Crippen molar-refractivity contribution in [3.05, 3.63) is 18.2 Å². The lowest BCUT2D eigenvalue weighted by molar-refractivity contribution is -0.905. The largest absolute Gasteiger partial charge is 1.00 e. The predicted molar refractivity (Wildman–Crippen MR) is 89.3 cm³/mol. The second-order valence-corrected chi connectivity index (χ2v) is 6.46. The maximum absolute atomic E-state index is 12.3. The molecule has 1 aliphatic rings. The predicted octanol–water partition coefficient (Wildman–Crippen LogP) is -2.31. The number of phenolic OH excluding ortho intramolecular Hbond substituents is 1. The van der Waals surface area contributed by atoms with Crippen molar-refractivity contribution in [2.24, 2.45) is 0 Å². The standard InChI is InChI=1S/C16H24N4O3.ClH/c1-12(21)17-13-5-4-6-14(16(13)23)18-15(22)11-20(3)9-7-19(2)8-10-20;/h4-6H,7-11H2,1-3H3,(H2-,17,18,21,22,23);1H. The third-order valence-electron chi connectivity index (χ3n) is 4.19. The van der Waals surface area contributed by atoms with Crippen molar-refractivity contribution < 1.29 is 31.6 Å². The van der Waals surface area contributed by atoms with Crippen molar-refractivity contribution >= 4 is 23.2 Å². The van der Waals surface area contributed by atoms with E-state index in [0.29, 0.717) is 16.7 Å². The van der Waals surface area contributed by atoms with Gasteiger partial charge in [0.1, 0.15) is 0 Å². The molecule has 2 amide bonds. The molecule has 134 valence electrons. The summed E-state index contributed by atoms with van der Waals surface area (Å²) in [5.74, 6) is -0.552. The van der Waals surface area contributed by atoms with Crippen LogP contribution in [0.2, 0.25) is 0 Å². The molecule has 1 heterocycles. The summed E-state index contributed by atoms with van der Waals surface area (Å²) < 4.78 is 0.683. The molecule has 1 fully saturated rings. The molecule has 1 aliphatic heterocycles. The van der Waals surface area contributed by atoms with Crippen molar-refractivity contribution in [1.29, 1.82) is 0 Å². The molecular formula is C16H25ClN4O3. The highest BCUT2D eigenvalue weighted by Gasteiger charge is 2.30. The van der Waals surface area contributed by atoms with Crippen molar-refractivity contribution in [3.8, 4) is 5.75 Å². The molecule has 24 heavy (non-hydrogen) atoms. The fourth-order valence-electron chi connectivity index (χ4n) is 2.68. The Morgan fingerprint density at radius 3 is 2.29 bits per heavy atom. The maximum Gasteiger partial charge on any atom is 0.279 e. The van der Waals surface area contributed by atoms with Crippen LogP contribution < -0.4 is 23.0 Å². The summed E-state index contributed by atoms with van der Waals surface area (Å²) in [6, 6.07) is 4.87. The quantitative estimate of drug-likeness (QED) is 0.418. The van der Waals surface area contributed by atoms with Crippen LogP contribution in [0, 0.1) is 0 Å². The van der Waals surface area contributed by atoms with Crippen LogP contribution in [-0.4, -0.2) is 73.1 Å². The topological polar surface area (TPSA) is 81.7 Å². The molecular weight excluding hydrogens is 332 g/mol. The van der Waals surface area contributed by atoms with E-state index in [2.05, 4.69) is 29.6 Å². The van der Waals surface area contributed by atoms with E-state index in [1.54, 1.807) is 18.2 Å². The van der Waals surface area contributed by atoms with Gasteiger partial charge >= 0.3 is 0 Å². The van der Waals surface area contributed by atoms with Gasteiger partial charge in [-0.2, -0.15) is 0 Å². The number of para-hydroxylation sites is 1. The minimum atomic E-state index is -0.278. The van der Waals surface area contributed by atoms with Gasteiger partial charge in [-0.25, -0.2) is 0 Å². The third-order valence-corrected chi connectivity index (χ3v) is 4.19. The first-order valence-electron chi connectivity index (χ1n) is 7.70.